The van der Waals surface area contributed by atoms with Gasteiger partial charge in [-0.25, -0.2) is 0 Å². The van der Waals surface area contributed by atoms with E-state index in [9.17, 15) is 0 Å². The Balaban J connectivity index is 1.74. The van der Waals surface area contributed by atoms with Crippen molar-refractivity contribution >= 4 is 5.69 Å². The SMILES string of the molecule is CCOc1cccc(NCCOc2ccc(OC)cc2)c1. The molecule has 0 unspecified atom stereocenters. The molecule has 1 N–H and O–H groups in total. The van der Waals surface area contributed by atoms with Crippen molar-refractivity contribution in [2.45, 2.75) is 6.92 Å². The van der Waals surface area contributed by atoms with E-state index in [4.69, 9.17) is 14.2 Å². The first kappa shape index (κ1) is 15.0. The van der Waals surface area contributed by atoms with Crippen molar-refractivity contribution in [2.75, 3.05) is 32.2 Å². The Kier molecular flexibility index (Phi) is 5.76. The average molecular weight is 287 g/mol. The summed E-state index contributed by atoms with van der Waals surface area (Å²) in [5.41, 5.74) is 1.03. The highest BCUT2D eigenvalue weighted by Crippen LogP contribution is 2.18. The average Bonchev–Trinajstić information content (AvgIpc) is 2.53. The predicted molar refractivity (Wildman–Crippen MR) is 84.6 cm³/mol. The molecule has 0 saturated heterocycles. The van der Waals surface area contributed by atoms with Gasteiger partial charge >= 0.3 is 0 Å². The van der Waals surface area contributed by atoms with Crippen LogP contribution in [0.4, 0.5) is 5.69 Å². The molecule has 0 spiro atoms. The molecular formula is C17H21NO3. The predicted octanol–water partition coefficient (Wildman–Crippen LogP) is 3.58. The lowest BCUT2D eigenvalue weighted by Crippen LogP contribution is -2.11. The fraction of sp³-hybridized carbons (Fsp3) is 0.294. The molecule has 0 radical (unpaired) electrons. The molecular weight excluding hydrogens is 266 g/mol. The van der Waals surface area contributed by atoms with E-state index in [1.54, 1.807) is 7.11 Å². The van der Waals surface area contributed by atoms with Crippen molar-refractivity contribution in [1.29, 1.82) is 0 Å². The van der Waals surface area contributed by atoms with Gasteiger partial charge in [-0.15, -0.1) is 0 Å². The summed E-state index contributed by atoms with van der Waals surface area (Å²) in [5, 5.41) is 3.31. The molecule has 0 fully saturated rings. The first-order valence-corrected chi connectivity index (χ1v) is 7.05. The van der Waals surface area contributed by atoms with Crippen LogP contribution in [0, 0.1) is 0 Å². The monoisotopic (exact) mass is 287 g/mol. The zero-order valence-electron chi connectivity index (χ0n) is 12.5. The highest BCUT2D eigenvalue weighted by Gasteiger charge is 1.97. The zero-order chi connectivity index (χ0) is 14.9. The maximum absolute atomic E-state index is 5.66. The van der Waals surface area contributed by atoms with Crippen LogP contribution >= 0.6 is 0 Å². The first-order chi connectivity index (χ1) is 10.3. The molecule has 0 aliphatic rings. The zero-order valence-corrected chi connectivity index (χ0v) is 12.5. The highest BCUT2D eigenvalue weighted by molar-refractivity contribution is 5.48. The number of methoxy groups -OCH3 is 1. The maximum atomic E-state index is 5.66. The standard InChI is InChI=1S/C17H21NO3/c1-3-20-17-6-4-5-14(13-17)18-11-12-21-16-9-7-15(19-2)8-10-16/h4-10,13,18H,3,11-12H2,1-2H3. The van der Waals surface area contributed by atoms with Crippen LogP contribution in [0.3, 0.4) is 0 Å². The summed E-state index contributed by atoms with van der Waals surface area (Å²) in [5.74, 6) is 2.53. The van der Waals surface area contributed by atoms with Crippen LogP contribution in [0.5, 0.6) is 17.2 Å². The van der Waals surface area contributed by atoms with Crippen LogP contribution in [-0.4, -0.2) is 26.9 Å². The topological polar surface area (TPSA) is 39.7 Å². The van der Waals surface area contributed by atoms with Gasteiger partial charge in [-0.05, 0) is 43.3 Å². The minimum absolute atomic E-state index is 0.588. The summed E-state index contributed by atoms with van der Waals surface area (Å²) in [6, 6.07) is 15.5. The molecule has 4 nitrogen and oxygen atoms in total. The quantitative estimate of drug-likeness (QED) is 0.753. The van der Waals surface area contributed by atoms with Crippen LogP contribution in [0.1, 0.15) is 6.92 Å². The number of rotatable bonds is 8. The van der Waals surface area contributed by atoms with Gasteiger partial charge in [0.2, 0.25) is 0 Å². The molecule has 21 heavy (non-hydrogen) atoms. The number of ether oxygens (including phenoxy) is 3. The molecule has 0 heterocycles. The lowest BCUT2D eigenvalue weighted by Gasteiger charge is -2.10. The van der Waals surface area contributed by atoms with Gasteiger partial charge in [0.1, 0.15) is 23.9 Å². The molecule has 0 bridgehead atoms. The summed E-state index contributed by atoms with van der Waals surface area (Å²) < 4.78 is 16.2. The van der Waals surface area contributed by atoms with Crippen molar-refractivity contribution in [3.8, 4) is 17.2 Å². The number of nitrogens with one attached hydrogen (secondary N) is 1. The second kappa shape index (κ2) is 8.04. The largest absolute Gasteiger partial charge is 0.497 e. The highest BCUT2D eigenvalue weighted by atomic mass is 16.5. The maximum Gasteiger partial charge on any atom is 0.121 e. The second-order valence-electron chi connectivity index (χ2n) is 4.41. The minimum Gasteiger partial charge on any atom is -0.497 e. The van der Waals surface area contributed by atoms with Crippen LogP contribution in [0.25, 0.3) is 0 Å². The van der Waals surface area contributed by atoms with Gasteiger partial charge in [-0.2, -0.15) is 0 Å². The molecule has 2 rings (SSSR count). The lowest BCUT2D eigenvalue weighted by molar-refractivity contribution is 0.331. The van der Waals surface area contributed by atoms with E-state index >= 15 is 0 Å². The van der Waals surface area contributed by atoms with Crippen LogP contribution < -0.4 is 19.5 Å². The summed E-state index contributed by atoms with van der Waals surface area (Å²) in [6.07, 6.45) is 0. The third-order valence-corrected chi connectivity index (χ3v) is 2.90. The van der Waals surface area contributed by atoms with E-state index in [-0.39, 0.29) is 0 Å². The normalized spacial score (nSPS) is 10.0. The van der Waals surface area contributed by atoms with Gasteiger partial charge in [0.05, 0.1) is 13.7 Å². The van der Waals surface area contributed by atoms with Crippen molar-refractivity contribution in [3.63, 3.8) is 0 Å². The van der Waals surface area contributed by atoms with Gasteiger partial charge in [-0.3, -0.25) is 0 Å². The number of benzene rings is 2. The molecule has 0 aromatic heterocycles. The van der Waals surface area contributed by atoms with E-state index in [1.807, 2.05) is 55.5 Å². The van der Waals surface area contributed by atoms with Crippen molar-refractivity contribution < 1.29 is 14.2 Å². The molecule has 0 amide bonds. The van der Waals surface area contributed by atoms with Crippen molar-refractivity contribution in [1.82, 2.24) is 0 Å². The Hall–Kier alpha value is -2.36. The Morgan fingerprint density at radius 3 is 2.38 bits per heavy atom. The van der Waals surface area contributed by atoms with Crippen molar-refractivity contribution in [2.24, 2.45) is 0 Å². The first-order valence-electron chi connectivity index (χ1n) is 7.05. The molecule has 0 aliphatic heterocycles. The van der Waals surface area contributed by atoms with E-state index in [2.05, 4.69) is 5.32 Å². The Labute approximate surface area is 125 Å². The van der Waals surface area contributed by atoms with Crippen molar-refractivity contribution in [3.05, 3.63) is 48.5 Å². The summed E-state index contributed by atoms with van der Waals surface area (Å²) in [4.78, 5) is 0. The third kappa shape index (κ3) is 4.91. The second-order valence-corrected chi connectivity index (χ2v) is 4.41. The van der Waals surface area contributed by atoms with Gasteiger partial charge in [0.25, 0.3) is 0 Å². The molecule has 2 aromatic rings. The molecule has 0 atom stereocenters. The third-order valence-electron chi connectivity index (χ3n) is 2.90. The van der Waals surface area contributed by atoms with E-state index in [1.165, 1.54) is 0 Å². The van der Waals surface area contributed by atoms with E-state index in [0.29, 0.717) is 13.2 Å². The Morgan fingerprint density at radius 2 is 1.67 bits per heavy atom. The lowest BCUT2D eigenvalue weighted by atomic mass is 10.3. The number of anilines is 1. The Bertz CT molecular complexity index is 540. The van der Waals surface area contributed by atoms with Crippen LogP contribution in [0.15, 0.2) is 48.5 Å². The molecule has 2 aromatic carbocycles. The van der Waals surface area contributed by atoms with E-state index in [0.717, 1.165) is 29.5 Å². The smallest absolute Gasteiger partial charge is 0.121 e. The minimum atomic E-state index is 0.588. The van der Waals surface area contributed by atoms with Crippen LogP contribution in [0.2, 0.25) is 0 Å². The van der Waals surface area contributed by atoms with E-state index < -0.39 is 0 Å². The fourth-order valence-electron chi connectivity index (χ4n) is 1.90. The summed E-state index contributed by atoms with van der Waals surface area (Å²) >= 11 is 0. The summed E-state index contributed by atoms with van der Waals surface area (Å²) in [6.45, 7) is 3.96. The van der Waals surface area contributed by atoms with Gasteiger partial charge < -0.3 is 19.5 Å². The molecule has 4 heteroatoms. The van der Waals surface area contributed by atoms with Gasteiger partial charge in [-0.1, -0.05) is 6.07 Å². The van der Waals surface area contributed by atoms with Crippen LogP contribution in [-0.2, 0) is 0 Å². The fourth-order valence-corrected chi connectivity index (χ4v) is 1.90. The summed E-state index contributed by atoms with van der Waals surface area (Å²) in [7, 11) is 1.65. The molecule has 0 saturated carbocycles. The van der Waals surface area contributed by atoms with Gasteiger partial charge in [0.15, 0.2) is 0 Å². The molecule has 0 aliphatic carbocycles. The number of hydrogen-bond donors (Lipinski definition) is 1. The Morgan fingerprint density at radius 1 is 0.905 bits per heavy atom. The van der Waals surface area contributed by atoms with Gasteiger partial charge in [0, 0.05) is 18.3 Å². The molecule has 112 valence electrons. The number of hydrogen-bond acceptors (Lipinski definition) is 4.